The second kappa shape index (κ2) is 8.52. The van der Waals surface area contributed by atoms with Crippen LogP contribution in [0.5, 0.6) is 0 Å². The summed E-state index contributed by atoms with van der Waals surface area (Å²) < 4.78 is 0. The number of anilines is 1. The molecule has 1 aromatic carbocycles. The van der Waals surface area contributed by atoms with E-state index in [9.17, 15) is 4.79 Å². The molecule has 0 amide bonds. The summed E-state index contributed by atoms with van der Waals surface area (Å²) >= 11 is 17.6. The molecule has 0 saturated heterocycles. The van der Waals surface area contributed by atoms with Crippen LogP contribution in [0.1, 0.15) is 37.7 Å². The third-order valence-corrected chi connectivity index (χ3v) is 4.68. The largest absolute Gasteiger partial charge is 0.478 e. The molecular formula is C16H18Cl2N2O2S. The normalized spacial score (nSPS) is 15.6. The molecule has 23 heavy (non-hydrogen) atoms. The van der Waals surface area contributed by atoms with Crippen LogP contribution in [0, 0.1) is 0 Å². The fourth-order valence-corrected chi connectivity index (χ4v) is 3.22. The van der Waals surface area contributed by atoms with E-state index in [1.54, 1.807) is 12.1 Å². The maximum Gasteiger partial charge on any atom is 0.328 e. The molecule has 0 bridgehead atoms. The Morgan fingerprint density at radius 1 is 1.26 bits per heavy atom. The van der Waals surface area contributed by atoms with Gasteiger partial charge in [0.15, 0.2) is 5.11 Å². The Kier molecular flexibility index (Phi) is 6.69. The van der Waals surface area contributed by atoms with Gasteiger partial charge in [-0.15, -0.1) is 0 Å². The number of hydrogen-bond donors (Lipinski definition) is 3. The number of benzene rings is 1. The Labute approximate surface area is 150 Å². The lowest BCUT2D eigenvalue weighted by Gasteiger charge is -2.24. The first kappa shape index (κ1) is 18.0. The van der Waals surface area contributed by atoms with Gasteiger partial charge >= 0.3 is 5.97 Å². The average Bonchev–Trinajstić information content (AvgIpc) is 2.50. The van der Waals surface area contributed by atoms with E-state index in [0.29, 0.717) is 32.5 Å². The van der Waals surface area contributed by atoms with Gasteiger partial charge in [0.25, 0.3) is 0 Å². The number of carbonyl (C=O) groups is 1. The standard InChI is InChI=1S/C16H18Cl2N2O2S/c17-12-8-10(6-7-14(21)22)9-13(15(12)18)20-16(23)19-11-4-2-1-3-5-11/h6-9,11H,1-5H2,(H,21,22)(H2,19,20,23)/b7-6+. The molecule has 0 aliphatic heterocycles. The van der Waals surface area contributed by atoms with Crippen molar-refractivity contribution >= 4 is 58.3 Å². The maximum absolute atomic E-state index is 10.6. The number of nitrogens with one attached hydrogen (secondary N) is 2. The molecule has 1 aliphatic rings. The molecule has 7 heteroatoms. The minimum absolute atomic E-state index is 0.335. The zero-order chi connectivity index (χ0) is 16.8. The van der Waals surface area contributed by atoms with Crippen LogP contribution in [-0.4, -0.2) is 22.2 Å². The van der Waals surface area contributed by atoms with E-state index in [-0.39, 0.29) is 0 Å². The number of carboxylic acid groups (broad SMARTS) is 1. The van der Waals surface area contributed by atoms with Crippen molar-refractivity contribution in [2.45, 2.75) is 38.1 Å². The number of hydrogen-bond acceptors (Lipinski definition) is 2. The molecule has 0 atom stereocenters. The molecule has 1 fully saturated rings. The van der Waals surface area contributed by atoms with Crippen molar-refractivity contribution in [2.75, 3.05) is 5.32 Å². The summed E-state index contributed by atoms with van der Waals surface area (Å²) in [6, 6.07) is 3.70. The molecule has 0 radical (unpaired) electrons. The smallest absolute Gasteiger partial charge is 0.328 e. The summed E-state index contributed by atoms with van der Waals surface area (Å²) in [6.07, 6.45) is 8.41. The van der Waals surface area contributed by atoms with Gasteiger partial charge in [-0.3, -0.25) is 0 Å². The summed E-state index contributed by atoms with van der Waals surface area (Å²) in [7, 11) is 0. The summed E-state index contributed by atoms with van der Waals surface area (Å²) in [6.45, 7) is 0. The lowest BCUT2D eigenvalue weighted by molar-refractivity contribution is -0.131. The molecule has 3 N–H and O–H groups in total. The van der Waals surface area contributed by atoms with Crippen LogP contribution < -0.4 is 10.6 Å². The minimum atomic E-state index is -1.03. The van der Waals surface area contributed by atoms with Gasteiger partial charge in [-0.1, -0.05) is 42.5 Å². The van der Waals surface area contributed by atoms with Crippen LogP contribution in [0.2, 0.25) is 10.0 Å². The monoisotopic (exact) mass is 372 g/mol. The molecule has 1 aliphatic carbocycles. The summed E-state index contributed by atoms with van der Waals surface area (Å²) in [4.78, 5) is 10.6. The van der Waals surface area contributed by atoms with E-state index in [2.05, 4.69) is 10.6 Å². The highest BCUT2D eigenvalue weighted by Gasteiger charge is 2.15. The van der Waals surface area contributed by atoms with Crippen molar-refractivity contribution in [2.24, 2.45) is 0 Å². The van der Waals surface area contributed by atoms with Gasteiger partial charge in [0.1, 0.15) is 0 Å². The predicted octanol–water partition coefficient (Wildman–Crippen LogP) is 4.71. The fraction of sp³-hybridized carbons (Fsp3) is 0.375. The second-order valence-electron chi connectivity index (χ2n) is 5.47. The molecule has 1 saturated carbocycles. The molecule has 0 unspecified atom stereocenters. The summed E-state index contributed by atoms with van der Waals surface area (Å²) in [5.74, 6) is -1.03. The third kappa shape index (κ3) is 5.68. The topological polar surface area (TPSA) is 61.4 Å². The maximum atomic E-state index is 10.6. The average molecular weight is 373 g/mol. The quantitative estimate of drug-likeness (QED) is 0.527. The van der Waals surface area contributed by atoms with E-state index in [1.807, 2.05) is 0 Å². The molecule has 4 nitrogen and oxygen atoms in total. The first-order chi connectivity index (χ1) is 11.0. The van der Waals surface area contributed by atoms with Crippen LogP contribution in [0.15, 0.2) is 18.2 Å². The van der Waals surface area contributed by atoms with Crippen molar-refractivity contribution in [1.29, 1.82) is 0 Å². The first-order valence-electron chi connectivity index (χ1n) is 7.43. The zero-order valence-electron chi connectivity index (χ0n) is 12.4. The Morgan fingerprint density at radius 3 is 2.61 bits per heavy atom. The van der Waals surface area contributed by atoms with E-state index in [4.69, 9.17) is 40.5 Å². The number of rotatable bonds is 4. The minimum Gasteiger partial charge on any atom is -0.478 e. The van der Waals surface area contributed by atoms with Crippen LogP contribution in [0.25, 0.3) is 6.08 Å². The van der Waals surface area contributed by atoms with Crippen LogP contribution in [0.3, 0.4) is 0 Å². The highest BCUT2D eigenvalue weighted by Crippen LogP contribution is 2.32. The van der Waals surface area contributed by atoms with E-state index in [1.165, 1.54) is 25.3 Å². The Balaban J connectivity index is 2.08. The Bertz CT molecular complexity index is 629. The zero-order valence-corrected chi connectivity index (χ0v) is 14.8. The molecule has 0 spiro atoms. The van der Waals surface area contributed by atoms with Gasteiger partial charge in [-0.05, 0) is 48.8 Å². The molecule has 124 valence electrons. The lowest BCUT2D eigenvalue weighted by atomic mass is 9.96. The number of halogens is 2. The van der Waals surface area contributed by atoms with E-state index >= 15 is 0 Å². The van der Waals surface area contributed by atoms with Gasteiger partial charge in [0, 0.05) is 12.1 Å². The molecule has 0 aromatic heterocycles. The van der Waals surface area contributed by atoms with Gasteiger partial charge < -0.3 is 15.7 Å². The number of carboxylic acids is 1. The van der Waals surface area contributed by atoms with Crippen LogP contribution in [-0.2, 0) is 4.79 Å². The van der Waals surface area contributed by atoms with Crippen molar-refractivity contribution in [3.8, 4) is 0 Å². The lowest BCUT2D eigenvalue weighted by Crippen LogP contribution is -2.38. The predicted molar refractivity (Wildman–Crippen MR) is 99.4 cm³/mol. The highest BCUT2D eigenvalue weighted by atomic mass is 35.5. The van der Waals surface area contributed by atoms with E-state index < -0.39 is 5.97 Å². The Hall–Kier alpha value is -1.30. The molecule has 2 rings (SSSR count). The second-order valence-corrected chi connectivity index (χ2v) is 6.66. The van der Waals surface area contributed by atoms with E-state index in [0.717, 1.165) is 18.9 Å². The van der Waals surface area contributed by atoms with Gasteiger partial charge in [0.05, 0.1) is 15.7 Å². The van der Waals surface area contributed by atoms with Gasteiger partial charge in [-0.25, -0.2) is 4.79 Å². The SMILES string of the molecule is O=C(O)/C=C/c1cc(Cl)c(Cl)c(NC(=S)NC2CCCCC2)c1. The fourth-order valence-electron chi connectivity index (χ4n) is 2.56. The molecule has 0 heterocycles. The van der Waals surface area contributed by atoms with Crippen molar-refractivity contribution in [3.05, 3.63) is 33.8 Å². The summed E-state index contributed by atoms with van der Waals surface area (Å²) in [5, 5.41) is 16.2. The van der Waals surface area contributed by atoms with Crippen molar-refractivity contribution in [1.82, 2.24) is 5.32 Å². The van der Waals surface area contributed by atoms with Crippen LogP contribution >= 0.6 is 35.4 Å². The summed E-state index contributed by atoms with van der Waals surface area (Å²) in [5.41, 5.74) is 1.18. The number of thiocarbonyl (C=S) groups is 1. The van der Waals surface area contributed by atoms with Crippen molar-refractivity contribution < 1.29 is 9.90 Å². The Morgan fingerprint density at radius 2 is 1.96 bits per heavy atom. The first-order valence-corrected chi connectivity index (χ1v) is 8.59. The van der Waals surface area contributed by atoms with Crippen molar-refractivity contribution in [3.63, 3.8) is 0 Å². The van der Waals surface area contributed by atoms with Crippen LogP contribution in [0.4, 0.5) is 5.69 Å². The number of aliphatic carboxylic acids is 1. The van der Waals surface area contributed by atoms with Gasteiger partial charge in [-0.2, -0.15) is 0 Å². The highest BCUT2D eigenvalue weighted by molar-refractivity contribution is 7.80. The molecular weight excluding hydrogens is 355 g/mol. The third-order valence-electron chi connectivity index (χ3n) is 3.66. The van der Waals surface area contributed by atoms with Gasteiger partial charge in [0.2, 0.25) is 0 Å². The molecule has 1 aromatic rings.